The van der Waals surface area contributed by atoms with Crippen molar-refractivity contribution in [3.05, 3.63) is 82.1 Å². The van der Waals surface area contributed by atoms with E-state index in [9.17, 15) is 4.79 Å². The van der Waals surface area contributed by atoms with Gasteiger partial charge in [-0.3, -0.25) is 4.79 Å². The summed E-state index contributed by atoms with van der Waals surface area (Å²) in [6.07, 6.45) is 2.67. The molecule has 29 heavy (non-hydrogen) atoms. The molecule has 1 N–H and O–H groups in total. The van der Waals surface area contributed by atoms with Crippen LogP contribution in [0.15, 0.2) is 59.7 Å². The Morgan fingerprint density at radius 3 is 2.48 bits per heavy atom. The van der Waals surface area contributed by atoms with Gasteiger partial charge in [-0.2, -0.15) is 5.10 Å². The minimum atomic E-state index is -0.333. The first-order valence-corrected chi connectivity index (χ1v) is 9.84. The topological polar surface area (TPSA) is 55.6 Å². The van der Waals surface area contributed by atoms with Crippen LogP contribution in [0.25, 0.3) is 5.69 Å². The maximum atomic E-state index is 11.9. The van der Waals surface area contributed by atoms with Gasteiger partial charge in [-0.25, -0.2) is 5.43 Å². The summed E-state index contributed by atoms with van der Waals surface area (Å²) in [5, 5.41) is 4.68. The van der Waals surface area contributed by atoms with Crippen molar-refractivity contribution in [1.82, 2.24) is 9.99 Å². The number of nitrogens with one attached hydrogen (secondary N) is 1. The van der Waals surface area contributed by atoms with Gasteiger partial charge >= 0.3 is 0 Å². The van der Waals surface area contributed by atoms with E-state index in [-0.39, 0.29) is 12.5 Å². The molecule has 0 aliphatic heterocycles. The second kappa shape index (κ2) is 9.43. The number of hydrogen-bond acceptors (Lipinski definition) is 3. The van der Waals surface area contributed by atoms with Crippen molar-refractivity contribution in [1.29, 1.82) is 0 Å². The average Bonchev–Trinajstić information content (AvgIpc) is 3.01. The standard InChI is InChI=1S/C23H24ClN3O2/c1-4-18-5-9-21(10-6-18)27-16(2)13-19(17(27)3)14-25-26-23(28)15-29-22-11-7-20(24)8-12-22/h5-14H,4,15H2,1-3H3,(H,26,28)/b25-14-. The number of aromatic nitrogens is 1. The van der Waals surface area contributed by atoms with Crippen molar-refractivity contribution in [2.75, 3.05) is 6.61 Å². The molecule has 0 aliphatic carbocycles. The Hall–Kier alpha value is -3.05. The number of hydrogen-bond donors (Lipinski definition) is 1. The van der Waals surface area contributed by atoms with Crippen LogP contribution in [0.3, 0.4) is 0 Å². The maximum absolute atomic E-state index is 11.9. The van der Waals surface area contributed by atoms with Crippen LogP contribution >= 0.6 is 11.6 Å². The minimum Gasteiger partial charge on any atom is -0.484 e. The van der Waals surface area contributed by atoms with E-state index in [0.717, 1.165) is 29.1 Å². The predicted molar refractivity (Wildman–Crippen MR) is 117 cm³/mol. The Balaban J connectivity index is 1.61. The molecule has 0 bridgehead atoms. The van der Waals surface area contributed by atoms with Crippen LogP contribution in [0, 0.1) is 13.8 Å². The molecule has 3 rings (SSSR count). The molecule has 3 aromatic rings. The molecule has 1 heterocycles. The van der Waals surface area contributed by atoms with E-state index in [1.165, 1.54) is 5.56 Å². The lowest BCUT2D eigenvalue weighted by molar-refractivity contribution is -0.123. The molecule has 0 unspecified atom stereocenters. The van der Waals surface area contributed by atoms with Crippen LogP contribution in [0.4, 0.5) is 0 Å². The molecule has 0 saturated carbocycles. The predicted octanol–water partition coefficient (Wildman–Crippen LogP) is 4.84. The fraction of sp³-hybridized carbons (Fsp3) is 0.217. The first-order chi connectivity index (χ1) is 14.0. The highest BCUT2D eigenvalue weighted by atomic mass is 35.5. The summed E-state index contributed by atoms with van der Waals surface area (Å²) in [7, 11) is 0. The van der Waals surface area contributed by atoms with Crippen LogP contribution < -0.4 is 10.2 Å². The summed E-state index contributed by atoms with van der Waals surface area (Å²) in [5.74, 6) is 0.242. The van der Waals surface area contributed by atoms with Gasteiger partial charge in [0, 0.05) is 27.7 Å². The fourth-order valence-electron chi connectivity index (χ4n) is 3.08. The van der Waals surface area contributed by atoms with Crippen LogP contribution in [0.5, 0.6) is 5.75 Å². The molecule has 2 aromatic carbocycles. The van der Waals surface area contributed by atoms with Gasteiger partial charge in [-0.05, 0) is 68.3 Å². The zero-order valence-corrected chi connectivity index (χ0v) is 17.5. The van der Waals surface area contributed by atoms with E-state index >= 15 is 0 Å². The SMILES string of the molecule is CCc1ccc(-n2c(C)cc(/C=N\NC(=O)COc3ccc(Cl)cc3)c2C)cc1. The van der Waals surface area contributed by atoms with Crippen LogP contribution in [-0.2, 0) is 11.2 Å². The molecule has 0 atom stereocenters. The first-order valence-electron chi connectivity index (χ1n) is 9.46. The molecule has 0 aliphatic rings. The molecule has 0 saturated heterocycles. The van der Waals surface area contributed by atoms with Gasteiger partial charge in [0.15, 0.2) is 6.61 Å². The van der Waals surface area contributed by atoms with Gasteiger partial charge in [-0.1, -0.05) is 30.7 Å². The Morgan fingerprint density at radius 2 is 1.83 bits per heavy atom. The number of ether oxygens (including phenoxy) is 1. The van der Waals surface area contributed by atoms with Gasteiger partial charge in [-0.15, -0.1) is 0 Å². The largest absolute Gasteiger partial charge is 0.484 e. The number of benzene rings is 2. The number of aryl methyl sites for hydroxylation is 2. The summed E-state index contributed by atoms with van der Waals surface area (Å²) in [6, 6.07) is 17.4. The van der Waals surface area contributed by atoms with E-state index in [0.29, 0.717) is 10.8 Å². The molecule has 5 nitrogen and oxygen atoms in total. The van der Waals surface area contributed by atoms with Gasteiger partial charge in [0.1, 0.15) is 5.75 Å². The number of hydrazone groups is 1. The summed E-state index contributed by atoms with van der Waals surface area (Å²) in [4.78, 5) is 11.9. The summed E-state index contributed by atoms with van der Waals surface area (Å²) >= 11 is 5.82. The normalized spacial score (nSPS) is 11.0. The molecule has 1 aromatic heterocycles. The van der Waals surface area contributed by atoms with E-state index in [2.05, 4.69) is 53.2 Å². The van der Waals surface area contributed by atoms with Gasteiger partial charge in [0.05, 0.1) is 6.21 Å². The highest BCUT2D eigenvalue weighted by molar-refractivity contribution is 6.30. The van der Waals surface area contributed by atoms with Crippen molar-refractivity contribution in [2.45, 2.75) is 27.2 Å². The number of carbonyl (C=O) groups excluding carboxylic acids is 1. The third-order valence-electron chi connectivity index (χ3n) is 4.65. The summed E-state index contributed by atoms with van der Waals surface area (Å²) in [5.41, 5.74) is 8.01. The number of rotatable bonds is 7. The molecule has 150 valence electrons. The zero-order chi connectivity index (χ0) is 20.8. The highest BCUT2D eigenvalue weighted by Gasteiger charge is 2.09. The Labute approximate surface area is 176 Å². The van der Waals surface area contributed by atoms with Gasteiger partial charge in [0.25, 0.3) is 5.91 Å². The highest BCUT2D eigenvalue weighted by Crippen LogP contribution is 2.20. The minimum absolute atomic E-state index is 0.123. The maximum Gasteiger partial charge on any atom is 0.277 e. The van der Waals surface area contributed by atoms with Crippen LogP contribution in [0.1, 0.15) is 29.4 Å². The number of amides is 1. The number of carbonyl (C=O) groups is 1. The van der Waals surface area contributed by atoms with Crippen molar-refractivity contribution in [3.8, 4) is 11.4 Å². The van der Waals surface area contributed by atoms with E-state index in [1.54, 1.807) is 30.5 Å². The van der Waals surface area contributed by atoms with Crippen LogP contribution in [0.2, 0.25) is 5.02 Å². The molecule has 0 radical (unpaired) electrons. The zero-order valence-electron chi connectivity index (χ0n) is 16.8. The molecule has 0 fully saturated rings. The lowest BCUT2D eigenvalue weighted by atomic mass is 10.1. The molecule has 0 spiro atoms. The fourth-order valence-corrected chi connectivity index (χ4v) is 3.21. The van der Waals surface area contributed by atoms with Crippen molar-refractivity contribution in [2.24, 2.45) is 5.10 Å². The Bertz CT molecular complexity index is 1010. The van der Waals surface area contributed by atoms with Gasteiger partial charge < -0.3 is 9.30 Å². The average molecular weight is 410 g/mol. The molecule has 1 amide bonds. The smallest absolute Gasteiger partial charge is 0.277 e. The van der Waals surface area contributed by atoms with E-state index < -0.39 is 0 Å². The number of halogens is 1. The number of nitrogens with zero attached hydrogens (tertiary/aromatic N) is 2. The van der Waals surface area contributed by atoms with Crippen molar-refractivity contribution in [3.63, 3.8) is 0 Å². The molecule has 6 heteroatoms. The van der Waals surface area contributed by atoms with E-state index in [4.69, 9.17) is 16.3 Å². The molecular formula is C23H24ClN3O2. The summed E-state index contributed by atoms with van der Waals surface area (Å²) < 4.78 is 7.57. The third kappa shape index (κ3) is 5.27. The van der Waals surface area contributed by atoms with E-state index in [1.807, 2.05) is 13.0 Å². The lowest BCUT2D eigenvalue weighted by Crippen LogP contribution is -2.24. The lowest BCUT2D eigenvalue weighted by Gasteiger charge is -2.10. The quantitative estimate of drug-likeness (QED) is 0.448. The second-order valence-corrected chi connectivity index (χ2v) is 7.15. The van der Waals surface area contributed by atoms with Gasteiger partial charge in [0.2, 0.25) is 0 Å². The van der Waals surface area contributed by atoms with Crippen molar-refractivity contribution < 1.29 is 9.53 Å². The first kappa shape index (κ1) is 20.7. The monoisotopic (exact) mass is 409 g/mol. The third-order valence-corrected chi connectivity index (χ3v) is 4.90. The van der Waals surface area contributed by atoms with Crippen molar-refractivity contribution >= 4 is 23.7 Å². The summed E-state index contributed by atoms with van der Waals surface area (Å²) in [6.45, 7) is 6.11. The molecular weight excluding hydrogens is 386 g/mol. The van der Waals surface area contributed by atoms with Crippen LogP contribution in [-0.4, -0.2) is 23.3 Å². The Kier molecular flexibility index (Phi) is 6.73. The second-order valence-electron chi connectivity index (χ2n) is 6.72. The Morgan fingerprint density at radius 1 is 1.14 bits per heavy atom.